The molecule has 2 rings (SSSR count). The van der Waals surface area contributed by atoms with Crippen LogP contribution in [0.25, 0.3) is 0 Å². The molecule has 84 valence electrons. The van der Waals surface area contributed by atoms with Gasteiger partial charge in [-0.1, -0.05) is 40.0 Å². The first-order chi connectivity index (χ1) is 7.01. The minimum absolute atomic E-state index is 0.0964. The van der Waals surface area contributed by atoms with Gasteiger partial charge in [-0.2, -0.15) is 5.26 Å². The van der Waals surface area contributed by atoms with Gasteiger partial charge in [-0.15, -0.1) is 0 Å². The first-order valence-corrected chi connectivity index (χ1v) is 6.19. The fraction of sp³-hybridized carbons (Fsp3) is 0.923. The molecule has 1 saturated carbocycles. The van der Waals surface area contributed by atoms with Crippen LogP contribution in [0.15, 0.2) is 0 Å². The molecule has 1 aliphatic heterocycles. The van der Waals surface area contributed by atoms with Gasteiger partial charge in [0.1, 0.15) is 5.54 Å². The van der Waals surface area contributed by atoms with Crippen LogP contribution in [0.5, 0.6) is 0 Å². The normalized spacial score (nSPS) is 37.3. The van der Waals surface area contributed by atoms with Gasteiger partial charge in [0, 0.05) is 12.6 Å². The fourth-order valence-corrected chi connectivity index (χ4v) is 2.98. The highest BCUT2D eigenvalue weighted by Gasteiger charge is 2.62. The summed E-state index contributed by atoms with van der Waals surface area (Å²) in [5, 5.41) is 9.40. The predicted octanol–water partition coefficient (Wildman–Crippen LogP) is 2.94. The Morgan fingerprint density at radius 1 is 1.20 bits per heavy atom. The quantitative estimate of drug-likeness (QED) is 0.617. The number of rotatable bonds is 1. The monoisotopic (exact) mass is 206 g/mol. The third-order valence-electron chi connectivity index (χ3n) is 4.23. The Kier molecular flexibility index (Phi) is 2.55. The van der Waals surface area contributed by atoms with Crippen LogP contribution < -0.4 is 0 Å². The van der Waals surface area contributed by atoms with E-state index in [4.69, 9.17) is 0 Å². The lowest BCUT2D eigenvalue weighted by atomic mass is 9.80. The average molecular weight is 206 g/mol. The summed E-state index contributed by atoms with van der Waals surface area (Å²) in [6.45, 7) is 7.58. The van der Waals surface area contributed by atoms with E-state index < -0.39 is 0 Å². The molecule has 1 saturated heterocycles. The SMILES string of the molecule is CC(C)(C)C1(C#N)CN1C1CCCCC1. The van der Waals surface area contributed by atoms with Crippen molar-refractivity contribution in [3.63, 3.8) is 0 Å². The number of hydrogen-bond acceptors (Lipinski definition) is 2. The highest BCUT2D eigenvalue weighted by Crippen LogP contribution is 2.49. The second-order valence-corrected chi connectivity index (χ2v) is 6.14. The zero-order valence-electron chi connectivity index (χ0n) is 10.2. The lowest BCUT2D eigenvalue weighted by Gasteiger charge is -2.31. The van der Waals surface area contributed by atoms with Gasteiger partial charge in [0.2, 0.25) is 0 Å². The summed E-state index contributed by atoms with van der Waals surface area (Å²) < 4.78 is 0. The maximum Gasteiger partial charge on any atom is 0.127 e. The van der Waals surface area contributed by atoms with Gasteiger partial charge in [-0.3, -0.25) is 4.90 Å². The molecule has 0 aromatic heterocycles. The molecule has 0 aromatic rings. The summed E-state index contributed by atoms with van der Waals surface area (Å²) in [7, 11) is 0. The van der Waals surface area contributed by atoms with Crippen molar-refractivity contribution < 1.29 is 0 Å². The molecule has 0 N–H and O–H groups in total. The van der Waals surface area contributed by atoms with E-state index >= 15 is 0 Å². The number of nitrogens with zero attached hydrogens (tertiary/aromatic N) is 2. The molecule has 15 heavy (non-hydrogen) atoms. The molecule has 0 amide bonds. The summed E-state index contributed by atoms with van der Waals surface area (Å²) in [6.07, 6.45) is 6.71. The topological polar surface area (TPSA) is 26.8 Å². The largest absolute Gasteiger partial charge is 0.278 e. The molecular weight excluding hydrogens is 184 g/mol. The van der Waals surface area contributed by atoms with Crippen LogP contribution >= 0.6 is 0 Å². The van der Waals surface area contributed by atoms with Crippen LogP contribution in [0.3, 0.4) is 0 Å². The molecule has 0 spiro atoms. The van der Waals surface area contributed by atoms with Crippen LogP contribution in [0.2, 0.25) is 0 Å². The Labute approximate surface area is 93.3 Å². The summed E-state index contributed by atoms with van der Waals surface area (Å²) in [5.41, 5.74) is -0.0613. The van der Waals surface area contributed by atoms with Crippen LogP contribution in [0, 0.1) is 16.7 Å². The second kappa shape index (κ2) is 3.49. The van der Waals surface area contributed by atoms with Crippen molar-refractivity contribution in [1.82, 2.24) is 4.90 Å². The van der Waals surface area contributed by atoms with Crippen molar-refractivity contribution in [2.45, 2.75) is 64.5 Å². The molecule has 2 atom stereocenters. The molecular formula is C13H22N2. The van der Waals surface area contributed by atoms with E-state index in [9.17, 15) is 5.26 Å². The van der Waals surface area contributed by atoms with Crippen molar-refractivity contribution in [1.29, 1.82) is 5.26 Å². The van der Waals surface area contributed by atoms with Gasteiger partial charge in [0.15, 0.2) is 0 Å². The Hall–Kier alpha value is -0.550. The van der Waals surface area contributed by atoms with Crippen LogP contribution in [-0.2, 0) is 0 Å². The molecule has 2 heteroatoms. The van der Waals surface area contributed by atoms with Crippen LogP contribution in [0.4, 0.5) is 0 Å². The Balaban J connectivity index is 2.06. The first-order valence-electron chi connectivity index (χ1n) is 6.19. The van der Waals surface area contributed by atoms with E-state index in [0.29, 0.717) is 6.04 Å². The highest BCUT2D eigenvalue weighted by molar-refractivity contribution is 5.28. The first kappa shape index (κ1) is 11.0. The van der Waals surface area contributed by atoms with E-state index in [1.165, 1.54) is 32.1 Å². The van der Waals surface area contributed by atoms with Crippen molar-refractivity contribution in [3.05, 3.63) is 0 Å². The van der Waals surface area contributed by atoms with E-state index in [1.807, 2.05) is 0 Å². The van der Waals surface area contributed by atoms with Crippen molar-refractivity contribution in [3.8, 4) is 6.07 Å². The number of nitriles is 1. The maximum absolute atomic E-state index is 9.40. The highest BCUT2D eigenvalue weighted by atomic mass is 15.4. The van der Waals surface area contributed by atoms with E-state index in [1.54, 1.807) is 0 Å². The maximum atomic E-state index is 9.40. The predicted molar refractivity (Wildman–Crippen MR) is 61.4 cm³/mol. The molecule has 0 radical (unpaired) electrons. The van der Waals surface area contributed by atoms with Crippen LogP contribution in [-0.4, -0.2) is 23.0 Å². The lowest BCUT2D eigenvalue weighted by Crippen LogP contribution is -2.37. The molecule has 2 nitrogen and oxygen atoms in total. The zero-order chi connectivity index (χ0) is 11.1. The molecule has 0 bridgehead atoms. The molecule has 2 fully saturated rings. The number of hydrogen-bond donors (Lipinski definition) is 0. The van der Waals surface area contributed by atoms with Gasteiger partial charge in [-0.25, -0.2) is 0 Å². The van der Waals surface area contributed by atoms with E-state index in [-0.39, 0.29) is 11.0 Å². The molecule has 0 aromatic carbocycles. The van der Waals surface area contributed by atoms with Crippen molar-refractivity contribution in [2.24, 2.45) is 5.41 Å². The lowest BCUT2D eigenvalue weighted by molar-refractivity contribution is 0.199. The minimum Gasteiger partial charge on any atom is -0.278 e. The minimum atomic E-state index is -0.158. The summed E-state index contributed by atoms with van der Waals surface area (Å²) in [4.78, 5) is 2.45. The average Bonchev–Trinajstić information content (AvgIpc) is 2.94. The molecule has 2 unspecified atom stereocenters. The molecule has 1 aliphatic carbocycles. The Morgan fingerprint density at radius 3 is 2.20 bits per heavy atom. The van der Waals surface area contributed by atoms with Gasteiger partial charge in [0.25, 0.3) is 0 Å². The van der Waals surface area contributed by atoms with Gasteiger partial charge in [-0.05, 0) is 18.3 Å². The Bertz CT molecular complexity index is 278. The summed E-state index contributed by atoms with van der Waals surface area (Å²) in [5.74, 6) is 0. The third-order valence-corrected chi connectivity index (χ3v) is 4.23. The van der Waals surface area contributed by atoms with E-state index in [0.717, 1.165) is 6.54 Å². The Morgan fingerprint density at radius 2 is 1.80 bits per heavy atom. The van der Waals surface area contributed by atoms with Crippen molar-refractivity contribution in [2.75, 3.05) is 6.54 Å². The molecule has 1 heterocycles. The summed E-state index contributed by atoms with van der Waals surface area (Å²) >= 11 is 0. The smallest absolute Gasteiger partial charge is 0.127 e. The zero-order valence-corrected chi connectivity index (χ0v) is 10.2. The fourth-order valence-electron chi connectivity index (χ4n) is 2.98. The second-order valence-electron chi connectivity index (χ2n) is 6.14. The van der Waals surface area contributed by atoms with Gasteiger partial charge in [0.05, 0.1) is 6.07 Å². The van der Waals surface area contributed by atoms with Gasteiger partial charge < -0.3 is 0 Å². The standard InChI is InChI=1S/C13H22N2/c1-12(2,3)13(9-14)10-15(13)11-7-5-4-6-8-11/h11H,4-8,10H2,1-3H3. The summed E-state index contributed by atoms with van der Waals surface area (Å²) in [6, 6.07) is 3.26. The third kappa shape index (κ3) is 1.67. The van der Waals surface area contributed by atoms with Crippen LogP contribution in [0.1, 0.15) is 52.9 Å². The molecule has 2 aliphatic rings. The van der Waals surface area contributed by atoms with Gasteiger partial charge >= 0.3 is 0 Å². The van der Waals surface area contributed by atoms with Crippen molar-refractivity contribution >= 4 is 0 Å². The van der Waals surface area contributed by atoms with E-state index in [2.05, 4.69) is 31.7 Å².